The Kier molecular flexibility index (Phi) is 4.87. The van der Waals surface area contributed by atoms with Gasteiger partial charge in [-0.1, -0.05) is 12.1 Å². The lowest BCUT2D eigenvalue weighted by atomic mass is 9.71. The first-order chi connectivity index (χ1) is 17.1. The van der Waals surface area contributed by atoms with Gasteiger partial charge in [-0.05, 0) is 55.5 Å². The Hall–Kier alpha value is -3.63. The molecule has 2 aliphatic heterocycles. The lowest BCUT2D eigenvalue weighted by Crippen LogP contribution is -2.65. The molecular weight excluding hydrogens is 476 g/mol. The van der Waals surface area contributed by atoms with Gasteiger partial charge in [0.2, 0.25) is 0 Å². The van der Waals surface area contributed by atoms with Crippen molar-refractivity contribution in [3.8, 4) is 11.3 Å². The van der Waals surface area contributed by atoms with Crippen LogP contribution in [-0.2, 0) is 23.7 Å². The molecule has 1 saturated carbocycles. The van der Waals surface area contributed by atoms with Gasteiger partial charge in [0.25, 0.3) is 0 Å². The van der Waals surface area contributed by atoms with Gasteiger partial charge in [-0.2, -0.15) is 18.3 Å². The zero-order chi connectivity index (χ0) is 25.3. The van der Waals surface area contributed by atoms with Crippen LogP contribution >= 0.6 is 0 Å². The molecule has 2 fully saturated rings. The fraction of sp³-hybridized carbons (Fsp3) is 0.400. The Morgan fingerprint density at radius 3 is 2.56 bits per heavy atom. The number of pyridine rings is 1. The van der Waals surface area contributed by atoms with E-state index >= 15 is 0 Å². The van der Waals surface area contributed by atoms with Crippen molar-refractivity contribution in [3.05, 3.63) is 65.2 Å². The van der Waals surface area contributed by atoms with Crippen molar-refractivity contribution in [1.82, 2.24) is 25.0 Å². The smallest absolute Gasteiger partial charge is 0.383 e. The summed E-state index contributed by atoms with van der Waals surface area (Å²) in [6.07, 6.45) is -0.0527. The van der Waals surface area contributed by atoms with E-state index < -0.39 is 23.1 Å². The number of hydrogen-bond donors (Lipinski definition) is 2. The normalized spacial score (nSPS) is 19.5. The van der Waals surface area contributed by atoms with Crippen LogP contribution in [-0.4, -0.2) is 38.8 Å². The largest absolute Gasteiger partial charge is 0.419 e. The second-order valence-electron chi connectivity index (χ2n) is 10.1. The number of anilines is 1. The van der Waals surface area contributed by atoms with Gasteiger partial charge in [0.1, 0.15) is 11.6 Å². The average molecular weight is 501 g/mol. The van der Waals surface area contributed by atoms with Gasteiger partial charge in [0.05, 0.1) is 16.8 Å². The van der Waals surface area contributed by atoms with Gasteiger partial charge < -0.3 is 16.0 Å². The van der Waals surface area contributed by atoms with Crippen molar-refractivity contribution in [2.24, 2.45) is 0 Å². The molecule has 36 heavy (non-hydrogen) atoms. The molecule has 3 N–H and O–H groups in total. The van der Waals surface area contributed by atoms with Crippen LogP contribution in [0, 0.1) is 5.82 Å². The number of nitrogen functional groups attached to an aromatic ring is 1. The molecule has 2 aromatic heterocycles. The summed E-state index contributed by atoms with van der Waals surface area (Å²) in [5.41, 5.74) is 5.90. The first kappa shape index (κ1) is 22.8. The summed E-state index contributed by atoms with van der Waals surface area (Å²) in [4.78, 5) is 18.5. The average Bonchev–Trinajstić information content (AvgIpc) is 3.34. The van der Waals surface area contributed by atoms with E-state index in [1.54, 1.807) is 21.7 Å². The number of likely N-dealkylation sites (tertiary alicyclic amines) is 1. The third kappa shape index (κ3) is 3.51. The van der Waals surface area contributed by atoms with E-state index in [2.05, 4.69) is 15.4 Å². The second kappa shape index (κ2) is 7.68. The molecule has 0 atom stereocenters. The van der Waals surface area contributed by atoms with Gasteiger partial charge in [-0.15, -0.1) is 0 Å². The molecule has 2 amide bonds. The lowest BCUT2D eigenvalue weighted by molar-refractivity contribution is -0.137. The van der Waals surface area contributed by atoms with Crippen molar-refractivity contribution in [2.75, 3.05) is 18.8 Å². The Labute approximate surface area is 204 Å². The molecule has 3 aromatic rings. The van der Waals surface area contributed by atoms with Crippen molar-refractivity contribution < 1.29 is 22.4 Å². The minimum Gasteiger partial charge on any atom is -0.383 e. The van der Waals surface area contributed by atoms with Crippen molar-refractivity contribution in [3.63, 3.8) is 0 Å². The van der Waals surface area contributed by atoms with Gasteiger partial charge >= 0.3 is 12.2 Å². The molecule has 3 aliphatic rings. The highest BCUT2D eigenvalue weighted by molar-refractivity contribution is 5.77. The molecule has 7 nitrogen and oxygen atoms in total. The number of carbonyl (C=O) groups excluding carboxylic acids is 1. The zero-order valence-corrected chi connectivity index (χ0v) is 19.3. The number of halogens is 4. The standard InChI is InChI=1S/C25H24F4N6O/c26-17-4-1-3-16(10-17)24(5-2-6-24)32-22(36)34-13-23(14-34)7-8-35-20(23)11-19(33-35)15-9-18(25(27,28)29)21(30)31-12-15/h1,3-4,9-12H,2,5-8,13-14H2,(H2,30,31)(H,32,36). The third-order valence-corrected chi connectivity index (χ3v) is 7.85. The topological polar surface area (TPSA) is 89.1 Å². The quantitative estimate of drug-likeness (QED) is 0.521. The molecule has 1 saturated heterocycles. The van der Waals surface area contributed by atoms with Crippen LogP contribution in [0.4, 0.5) is 28.2 Å². The molecule has 1 aliphatic carbocycles. The summed E-state index contributed by atoms with van der Waals surface area (Å²) in [5, 5.41) is 7.64. The Bertz CT molecular complexity index is 1360. The number of benzene rings is 1. The number of nitrogens with one attached hydrogen (secondary N) is 1. The van der Waals surface area contributed by atoms with Crippen LogP contribution in [0.3, 0.4) is 0 Å². The number of carbonyl (C=O) groups is 1. The monoisotopic (exact) mass is 500 g/mol. The van der Waals surface area contributed by atoms with Gasteiger partial charge in [-0.25, -0.2) is 14.2 Å². The van der Waals surface area contributed by atoms with Crippen molar-refractivity contribution in [2.45, 2.75) is 49.4 Å². The van der Waals surface area contributed by atoms with E-state index in [4.69, 9.17) is 5.73 Å². The molecule has 188 valence electrons. The molecule has 1 aromatic carbocycles. The summed E-state index contributed by atoms with van der Waals surface area (Å²) in [6.45, 7) is 1.58. The Balaban J connectivity index is 1.19. The summed E-state index contributed by atoms with van der Waals surface area (Å²) < 4.78 is 55.4. The van der Waals surface area contributed by atoms with Crippen LogP contribution in [0.25, 0.3) is 11.3 Å². The number of hydrogen-bond acceptors (Lipinski definition) is 4. The fourth-order valence-electron chi connectivity index (χ4n) is 5.68. The second-order valence-corrected chi connectivity index (χ2v) is 10.1. The number of nitrogens with two attached hydrogens (primary N) is 1. The molecule has 6 rings (SSSR count). The highest BCUT2D eigenvalue weighted by Gasteiger charge is 2.52. The maximum Gasteiger partial charge on any atom is 0.419 e. The Morgan fingerprint density at radius 1 is 1.11 bits per heavy atom. The molecule has 0 unspecified atom stereocenters. The minimum absolute atomic E-state index is 0.194. The van der Waals surface area contributed by atoms with Crippen LogP contribution < -0.4 is 11.1 Å². The summed E-state index contributed by atoms with van der Waals surface area (Å²) in [6, 6.07) is 8.92. The Morgan fingerprint density at radius 2 is 1.89 bits per heavy atom. The molecule has 1 spiro atoms. The third-order valence-electron chi connectivity index (χ3n) is 7.85. The van der Waals surface area contributed by atoms with Gasteiger partial charge in [0.15, 0.2) is 0 Å². The number of nitrogens with zero attached hydrogens (tertiary/aromatic N) is 4. The number of alkyl halides is 3. The predicted molar refractivity (Wildman–Crippen MR) is 123 cm³/mol. The van der Waals surface area contributed by atoms with Crippen molar-refractivity contribution in [1.29, 1.82) is 0 Å². The fourth-order valence-corrected chi connectivity index (χ4v) is 5.68. The van der Waals surface area contributed by atoms with E-state index in [1.807, 2.05) is 6.07 Å². The summed E-state index contributed by atoms with van der Waals surface area (Å²) in [7, 11) is 0. The van der Waals surface area contributed by atoms with E-state index in [0.29, 0.717) is 25.3 Å². The summed E-state index contributed by atoms with van der Waals surface area (Å²) >= 11 is 0. The summed E-state index contributed by atoms with van der Waals surface area (Å²) in [5.74, 6) is -0.901. The van der Waals surface area contributed by atoms with Crippen LogP contribution in [0.5, 0.6) is 0 Å². The highest BCUT2D eigenvalue weighted by Crippen LogP contribution is 2.46. The predicted octanol–water partition coefficient (Wildman–Crippen LogP) is 4.43. The molecule has 4 heterocycles. The van der Waals surface area contributed by atoms with E-state index in [-0.39, 0.29) is 22.8 Å². The van der Waals surface area contributed by atoms with Crippen LogP contribution in [0.15, 0.2) is 42.6 Å². The van der Waals surface area contributed by atoms with E-state index in [1.165, 1.54) is 18.3 Å². The number of aryl methyl sites for hydroxylation is 1. The van der Waals surface area contributed by atoms with Crippen molar-refractivity contribution >= 4 is 11.8 Å². The number of amides is 2. The number of urea groups is 1. The first-order valence-corrected chi connectivity index (χ1v) is 11.8. The highest BCUT2D eigenvalue weighted by atomic mass is 19.4. The van der Waals surface area contributed by atoms with Crippen LogP contribution in [0.1, 0.15) is 42.5 Å². The number of fused-ring (bicyclic) bond motifs is 2. The minimum atomic E-state index is -4.61. The zero-order valence-electron chi connectivity index (χ0n) is 19.3. The first-order valence-electron chi connectivity index (χ1n) is 11.8. The SMILES string of the molecule is Nc1ncc(-c2cc3n(n2)CCC32CN(C(=O)NC3(c4cccc(F)c4)CCC3)C2)cc1C(F)(F)F. The molecule has 0 radical (unpaired) electrons. The lowest BCUT2D eigenvalue weighted by Gasteiger charge is -2.50. The van der Waals surface area contributed by atoms with E-state index in [9.17, 15) is 22.4 Å². The molecule has 11 heteroatoms. The maximum atomic E-state index is 13.8. The molecular formula is C25H24F4N6O. The molecule has 0 bridgehead atoms. The van der Waals surface area contributed by atoms with Gasteiger partial charge in [0, 0.05) is 42.5 Å². The number of rotatable bonds is 3. The van der Waals surface area contributed by atoms with Crippen LogP contribution in [0.2, 0.25) is 0 Å². The number of aromatic nitrogens is 3. The maximum absolute atomic E-state index is 13.8. The van der Waals surface area contributed by atoms with E-state index in [0.717, 1.165) is 43.0 Å². The van der Waals surface area contributed by atoms with Gasteiger partial charge in [-0.3, -0.25) is 4.68 Å².